The highest BCUT2D eigenvalue weighted by Gasteiger charge is 2.17. The molecule has 1 saturated carbocycles. The maximum Gasteiger partial charge on any atom is 0.224 e. The molecule has 3 rings (SSSR count). The lowest BCUT2D eigenvalue weighted by molar-refractivity contribution is -0.121. The number of hydrogen-bond donors (Lipinski definition) is 1. The van der Waals surface area contributed by atoms with E-state index in [-0.39, 0.29) is 5.91 Å². The zero-order valence-corrected chi connectivity index (χ0v) is 10.9. The summed E-state index contributed by atoms with van der Waals surface area (Å²) >= 11 is 0. The summed E-state index contributed by atoms with van der Waals surface area (Å²) in [6, 6.07) is 7.00. The van der Waals surface area contributed by atoms with Crippen LogP contribution in [0.1, 0.15) is 48.8 Å². The maximum atomic E-state index is 12.0. The van der Waals surface area contributed by atoms with Gasteiger partial charge >= 0.3 is 0 Å². The van der Waals surface area contributed by atoms with E-state index in [2.05, 4.69) is 23.5 Å². The van der Waals surface area contributed by atoms with Gasteiger partial charge in [-0.1, -0.05) is 31.0 Å². The molecule has 0 saturated heterocycles. The van der Waals surface area contributed by atoms with Crippen molar-refractivity contribution in [2.45, 2.75) is 57.4 Å². The van der Waals surface area contributed by atoms with Gasteiger partial charge in [0.2, 0.25) is 5.91 Å². The van der Waals surface area contributed by atoms with Crippen LogP contribution in [0.4, 0.5) is 0 Å². The zero-order chi connectivity index (χ0) is 12.4. The highest BCUT2D eigenvalue weighted by molar-refractivity contribution is 5.79. The van der Waals surface area contributed by atoms with Gasteiger partial charge in [0, 0.05) is 6.04 Å². The van der Waals surface area contributed by atoms with Gasteiger partial charge in [-0.2, -0.15) is 0 Å². The molecule has 1 N–H and O–H groups in total. The van der Waals surface area contributed by atoms with E-state index in [0.29, 0.717) is 12.5 Å². The fourth-order valence-corrected chi connectivity index (χ4v) is 3.27. The van der Waals surface area contributed by atoms with Gasteiger partial charge in [0.25, 0.3) is 0 Å². The second-order valence-electron chi connectivity index (χ2n) is 5.68. The van der Waals surface area contributed by atoms with E-state index in [0.717, 1.165) is 12.8 Å². The molecule has 1 aromatic rings. The van der Waals surface area contributed by atoms with Crippen LogP contribution in [0.5, 0.6) is 0 Å². The Kier molecular flexibility index (Phi) is 3.35. The van der Waals surface area contributed by atoms with E-state index in [1.165, 1.54) is 48.8 Å². The summed E-state index contributed by atoms with van der Waals surface area (Å²) in [4.78, 5) is 12.0. The molecular formula is C16H21NO. The van der Waals surface area contributed by atoms with Crippen molar-refractivity contribution in [3.63, 3.8) is 0 Å². The number of aryl methyl sites for hydroxylation is 2. The lowest BCUT2D eigenvalue weighted by atomic mass is 10.0. The Morgan fingerprint density at radius 2 is 1.89 bits per heavy atom. The van der Waals surface area contributed by atoms with Crippen LogP contribution in [0.2, 0.25) is 0 Å². The molecule has 0 radical (unpaired) electrons. The average Bonchev–Trinajstić information content (AvgIpc) is 2.98. The van der Waals surface area contributed by atoms with Crippen LogP contribution >= 0.6 is 0 Å². The van der Waals surface area contributed by atoms with E-state index >= 15 is 0 Å². The largest absolute Gasteiger partial charge is 0.353 e. The molecule has 96 valence electrons. The monoisotopic (exact) mass is 243 g/mol. The van der Waals surface area contributed by atoms with Crippen LogP contribution in [-0.2, 0) is 24.1 Å². The lowest BCUT2D eigenvalue weighted by Crippen LogP contribution is -2.33. The van der Waals surface area contributed by atoms with Crippen LogP contribution in [0.15, 0.2) is 18.2 Å². The van der Waals surface area contributed by atoms with Crippen molar-refractivity contribution in [3.05, 3.63) is 34.9 Å². The smallest absolute Gasteiger partial charge is 0.224 e. The third kappa shape index (κ3) is 2.58. The standard InChI is InChI=1S/C16H21NO/c18-16(17-15-6-1-2-7-15)11-12-8-9-13-4-3-5-14(13)10-12/h8-10,15H,1-7,11H2,(H,17,18). The van der Waals surface area contributed by atoms with Crippen molar-refractivity contribution in [2.24, 2.45) is 0 Å². The van der Waals surface area contributed by atoms with Gasteiger partial charge in [-0.05, 0) is 48.8 Å². The summed E-state index contributed by atoms with van der Waals surface area (Å²) in [6.45, 7) is 0. The minimum atomic E-state index is 0.194. The van der Waals surface area contributed by atoms with Gasteiger partial charge in [0.1, 0.15) is 0 Å². The summed E-state index contributed by atoms with van der Waals surface area (Å²) in [5.74, 6) is 0.194. The summed E-state index contributed by atoms with van der Waals surface area (Å²) in [5.41, 5.74) is 4.11. The van der Waals surface area contributed by atoms with Crippen molar-refractivity contribution >= 4 is 5.91 Å². The Morgan fingerprint density at radius 1 is 1.11 bits per heavy atom. The summed E-state index contributed by atoms with van der Waals surface area (Å²) < 4.78 is 0. The van der Waals surface area contributed by atoms with E-state index in [4.69, 9.17) is 0 Å². The van der Waals surface area contributed by atoms with Crippen molar-refractivity contribution in [1.82, 2.24) is 5.32 Å². The van der Waals surface area contributed by atoms with Crippen molar-refractivity contribution < 1.29 is 4.79 Å². The van der Waals surface area contributed by atoms with Crippen LogP contribution in [0.25, 0.3) is 0 Å². The Balaban J connectivity index is 1.60. The molecule has 1 fully saturated rings. The van der Waals surface area contributed by atoms with Gasteiger partial charge in [-0.15, -0.1) is 0 Å². The van der Waals surface area contributed by atoms with Crippen LogP contribution < -0.4 is 5.32 Å². The summed E-state index contributed by atoms with van der Waals surface area (Å²) in [6.07, 6.45) is 9.08. The minimum absolute atomic E-state index is 0.194. The molecule has 0 heterocycles. The molecule has 0 aliphatic heterocycles. The number of nitrogens with one attached hydrogen (secondary N) is 1. The van der Waals surface area contributed by atoms with Gasteiger partial charge < -0.3 is 5.32 Å². The normalized spacial score (nSPS) is 18.9. The van der Waals surface area contributed by atoms with Crippen LogP contribution in [0, 0.1) is 0 Å². The SMILES string of the molecule is O=C(Cc1ccc2c(c1)CCC2)NC1CCCC1. The molecule has 0 unspecified atom stereocenters. The number of rotatable bonds is 3. The highest BCUT2D eigenvalue weighted by Crippen LogP contribution is 2.23. The Labute approximate surface area is 109 Å². The average molecular weight is 243 g/mol. The third-order valence-electron chi connectivity index (χ3n) is 4.25. The Hall–Kier alpha value is -1.31. The topological polar surface area (TPSA) is 29.1 Å². The fraction of sp³-hybridized carbons (Fsp3) is 0.562. The molecule has 2 nitrogen and oxygen atoms in total. The lowest BCUT2D eigenvalue weighted by Gasteiger charge is -2.12. The van der Waals surface area contributed by atoms with Crippen LogP contribution in [-0.4, -0.2) is 11.9 Å². The number of carbonyl (C=O) groups is 1. The quantitative estimate of drug-likeness (QED) is 0.869. The third-order valence-corrected chi connectivity index (χ3v) is 4.25. The number of hydrogen-bond acceptors (Lipinski definition) is 1. The minimum Gasteiger partial charge on any atom is -0.353 e. The number of benzene rings is 1. The molecule has 0 aromatic heterocycles. The van der Waals surface area contributed by atoms with E-state index in [9.17, 15) is 4.79 Å². The molecule has 0 bridgehead atoms. The molecule has 0 atom stereocenters. The molecule has 2 aliphatic carbocycles. The van der Waals surface area contributed by atoms with Crippen LogP contribution in [0.3, 0.4) is 0 Å². The van der Waals surface area contributed by atoms with E-state index in [1.54, 1.807) is 0 Å². The van der Waals surface area contributed by atoms with Crippen molar-refractivity contribution in [3.8, 4) is 0 Å². The molecule has 0 spiro atoms. The van der Waals surface area contributed by atoms with E-state index < -0.39 is 0 Å². The second-order valence-corrected chi connectivity index (χ2v) is 5.68. The molecule has 2 heteroatoms. The van der Waals surface area contributed by atoms with Crippen molar-refractivity contribution in [2.75, 3.05) is 0 Å². The van der Waals surface area contributed by atoms with Crippen molar-refractivity contribution in [1.29, 1.82) is 0 Å². The summed E-state index contributed by atoms with van der Waals surface area (Å²) in [5, 5.41) is 3.16. The predicted octanol–water partition coefficient (Wildman–Crippen LogP) is 2.78. The first-order valence-electron chi connectivity index (χ1n) is 7.21. The van der Waals surface area contributed by atoms with Gasteiger partial charge in [-0.3, -0.25) is 4.79 Å². The highest BCUT2D eigenvalue weighted by atomic mass is 16.1. The van der Waals surface area contributed by atoms with Gasteiger partial charge in [0.05, 0.1) is 6.42 Å². The second kappa shape index (κ2) is 5.13. The molecule has 18 heavy (non-hydrogen) atoms. The number of amides is 1. The maximum absolute atomic E-state index is 12.0. The van der Waals surface area contributed by atoms with E-state index in [1.807, 2.05) is 0 Å². The predicted molar refractivity (Wildman–Crippen MR) is 72.6 cm³/mol. The first kappa shape index (κ1) is 11.8. The Morgan fingerprint density at radius 3 is 2.72 bits per heavy atom. The first-order chi connectivity index (χ1) is 8.81. The molecule has 1 amide bonds. The fourth-order valence-electron chi connectivity index (χ4n) is 3.27. The molecule has 2 aliphatic rings. The molecule has 1 aromatic carbocycles. The number of carbonyl (C=O) groups excluding carboxylic acids is 1. The zero-order valence-electron chi connectivity index (χ0n) is 10.9. The number of fused-ring (bicyclic) bond motifs is 1. The van der Waals surface area contributed by atoms with Gasteiger partial charge in [0.15, 0.2) is 0 Å². The molecular weight excluding hydrogens is 222 g/mol. The first-order valence-corrected chi connectivity index (χ1v) is 7.21. The Bertz CT molecular complexity index is 446. The summed E-state index contributed by atoms with van der Waals surface area (Å²) in [7, 11) is 0. The van der Waals surface area contributed by atoms with Gasteiger partial charge in [-0.25, -0.2) is 0 Å².